The fourth-order valence-electron chi connectivity index (χ4n) is 3.23. The van der Waals surface area contributed by atoms with Crippen molar-refractivity contribution in [3.05, 3.63) is 69.9 Å². The van der Waals surface area contributed by atoms with E-state index in [4.69, 9.17) is 11.6 Å². The minimum absolute atomic E-state index is 0.0268. The van der Waals surface area contributed by atoms with E-state index in [1.165, 1.54) is 11.3 Å². The number of fused-ring (bicyclic) bond motifs is 1. The van der Waals surface area contributed by atoms with Crippen molar-refractivity contribution in [2.24, 2.45) is 0 Å². The standard InChI is InChI=1S/C19H18ClN3OS/c20-14-8-6-13(7-9-14)16(23-10-1-2-11-23)12-18(24)22-19-21-15-4-3-5-17(15)25-19/h1-2,6-11,16H,3-5,12H2,(H,21,22,24)/t16-/m0/s1. The number of hydrogen-bond acceptors (Lipinski definition) is 3. The Hall–Kier alpha value is -2.11. The Balaban J connectivity index is 1.51. The molecule has 1 amide bonds. The third kappa shape index (κ3) is 3.62. The molecule has 1 aromatic carbocycles. The number of hydrogen-bond donors (Lipinski definition) is 1. The van der Waals surface area contributed by atoms with Crippen LogP contribution in [0, 0.1) is 0 Å². The fourth-order valence-corrected chi connectivity index (χ4v) is 4.42. The molecule has 1 N–H and O–H groups in total. The molecule has 1 aliphatic rings. The van der Waals surface area contributed by atoms with Crippen molar-refractivity contribution in [1.29, 1.82) is 0 Å². The summed E-state index contributed by atoms with van der Waals surface area (Å²) in [5.41, 5.74) is 2.21. The number of amides is 1. The van der Waals surface area contributed by atoms with E-state index >= 15 is 0 Å². The van der Waals surface area contributed by atoms with E-state index in [2.05, 4.69) is 10.3 Å². The Morgan fingerprint density at radius 3 is 2.72 bits per heavy atom. The molecule has 4 nitrogen and oxygen atoms in total. The Labute approximate surface area is 155 Å². The summed E-state index contributed by atoms with van der Waals surface area (Å²) in [7, 11) is 0. The molecule has 25 heavy (non-hydrogen) atoms. The van der Waals surface area contributed by atoms with Gasteiger partial charge < -0.3 is 9.88 Å². The first-order valence-corrected chi connectivity index (χ1v) is 9.55. The van der Waals surface area contributed by atoms with Gasteiger partial charge in [0.2, 0.25) is 5.91 Å². The third-order valence-corrected chi connectivity index (χ3v) is 5.79. The van der Waals surface area contributed by atoms with Crippen LogP contribution in [0.3, 0.4) is 0 Å². The van der Waals surface area contributed by atoms with Gasteiger partial charge in [0, 0.05) is 22.3 Å². The SMILES string of the molecule is O=C(C[C@@H](c1ccc(Cl)cc1)n1cccc1)Nc1nc2c(s1)CCC2. The molecule has 6 heteroatoms. The summed E-state index contributed by atoms with van der Waals surface area (Å²) in [5, 5.41) is 4.38. The minimum atomic E-state index is -0.0703. The van der Waals surface area contributed by atoms with E-state index in [0.717, 1.165) is 29.2 Å². The van der Waals surface area contributed by atoms with Gasteiger partial charge in [0.25, 0.3) is 0 Å². The average Bonchev–Trinajstić information content (AvgIpc) is 3.31. The van der Waals surface area contributed by atoms with Crippen molar-refractivity contribution in [1.82, 2.24) is 9.55 Å². The molecule has 2 aromatic heterocycles. The molecule has 3 aromatic rings. The number of aromatic nitrogens is 2. The van der Waals surface area contributed by atoms with Gasteiger partial charge in [-0.2, -0.15) is 0 Å². The van der Waals surface area contributed by atoms with Gasteiger partial charge in [-0.15, -0.1) is 11.3 Å². The summed E-state index contributed by atoms with van der Waals surface area (Å²) in [4.78, 5) is 18.5. The topological polar surface area (TPSA) is 46.9 Å². The Kier molecular flexibility index (Phi) is 4.59. The van der Waals surface area contributed by atoms with Crippen LogP contribution in [-0.4, -0.2) is 15.5 Å². The van der Waals surface area contributed by atoms with Crippen LogP contribution in [0.15, 0.2) is 48.8 Å². The molecular weight excluding hydrogens is 354 g/mol. The first-order chi connectivity index (χ1) is 12.2. The van der Waals surface area contributed by atoms with Crippen LogP contribution in [0.1, 0.15) is 35.0 Å². The van der Waals surface area contributed by atoms with Gasteiger partial charge in [-0.3, -0.25) is 4.79 Å². The highest BCUT2D eigenvalue weighted by Gasteiger charge is 2.21. The smallest absolute Gasteiger partial charge is 0.228 e. The Morgan fingerprint density at radius 2 is 2.00 bits per heavy atom. The number of nitrogens with zero attached hydrogens (tertiary/aromatic N) is 2. The van der Waals surface area contributed by atoms with Gasteiger partial charge in [0.05, 0.1) is 18.2 Å². The predicted octanol–water partition coefficient (Wildman–Crippen LogP) is 4.70. The lowest BCUT2D eigenvalue weighted by molar-refractivity contribution is -0.116. The van der Waals surface area contributed by atoms with Crippen molar-refractivity contribution in [2.75, 3.05) is 5.32 Å². The molecule has 128 valence electrons. The van der Waals surface area contributed by atoms with Crippen LogP contribution in [0.25, 0.3) is 0 Å². The molecular formula is C19H18ClN3OS. The number of carbonyl (C=O) groups excluding carboxylic acids is 1. The zero-order valence-electron chi connectivity index (χ0n) is 13.6. The predicted molar refractivity (Wildman–Crippen MR) is 101 cm³/mol. The number of aryl methyl sites for hydroxylation is 2. The number of halogens is 1. The van der Waals surface area contributed by atoms with E-state index < -0.39 is 0 Å². The number of thiazole rings is 1. The maximum Gasteiger partial charge on any atom is 0.228 e. The summed E-state index contributed by atoms with van der Waals surface area (Å²) in [6.07, 6.45) is 7.59. The summed E-state index contributed by atoms with van der Waals surface area (Å²) in [6, 6.07) is 11.5. The first-order valence-electron chi connectivity index (χ1n) is 8.35. The van der Waals surface area contributed by atoms with Crippen LogP contribution >= 0.6 is 22.9 Å². The lowest BCUT2D eigenvalue weighted by Gasteiger charge is -2.19. The van der Waals surface area contributed by atoms with E-state index in [-0.39, 0.29) is 11.9 Å². The molecule has 1 atom stereocenters. The first kappa shape index (κ1) is 16.4. The summed E-state index contributed by atoms with van der Waals surface area (Å²) >= 11 is 7.60. The second-order valence-electron chi connectivity index (χ2n) is 6.19. The molecule has 0 unspecified atom stereocenters. The van der Waals surface area contributed by atoms with Gasteiger partial charge in [0.1, 0.15) is 0 Å². The Bertz CT molecular complexity index is 849. The van der Waals surface area contributed by atoms with Crippen LogP contribution in [0.2, 0.25) is 5.02 Å². The number of rotatable bonds is 5. The normalized spacial score (nSPS) is 14.3. The molecule has 4 rings (SSSR count). The number of carbonyl (C=O) groups is 1. The fraction of sp³-hybridized carbons (Fsp3) is 0.263. The highest BCUT2D eigenvalue weighted by molar-refractivity contribution is 7.15. The van der Waals surface area contributed by atoms with Crippen LogP contribution in [0.5, 0.6) is 0 Å². The van der Waals surface area contributed by atoms with E-state index in [1.807, 2.05) is 53.4 Å². The lowest BCUT2D eigenvalue weighted by Crippen LogP contribution is -2.19. The number of nitrogens with one attached hydrogen (secondary N) is 1. The highest BCUT2D eigenvalue weighted by atomic mass is 35.5. The maximum absolute atomic E-state index is 12.6. The van der Waals surface area contributed by atoms with Gasteiger partial charge in [-0.1, -0.05) is 23.7 Å². The summed E-state index contributed by atoms with van der Waals surface area (Å²) in [6.45, 7) is 0. The van der Waals surface area contributed by atoms with E-state index in [0.29, 0.717) is 11.4 Å². The van der Waals surface area contributed by atoms with E-state index in [1.54, 1.807) is 11.3 Å². The van der Waals surface area contributed by atoms with Crippen molar-refractivity contribution in [2.45, 2.75) is 31.7 Å². The molecule has 0 spiro atoms. The molecule has 0 saturated carbocycles. The monoisotopic (exact) mass is 371 g/mol. The largest absolute Gasteiger partial charge is 0.346 e. The van der Waals surface area contributed by atoms with Crippen molar-refractivity contribution < 1.29 is 4.79 Å². The highest BCUT2D eigenvalue weighted by Crippen LogP contribution is 2.31. The minimum Gasteiger partial charge on any atom is -0.346 e. The van der Waals surface area contributed by atoms with Crippen molar-refractivity contribution in [3.8, 4) is 0 Å². The molecule has 0 bridgehead atoms. The van der Waals surface area contributed by atoms with Gasteiger partial charge >= 0.3 is 0 Å². The average molecular weight is 372 g/mol. The molecule has 1 aliphatic carbocycles. The van der Waals surface area contributed by atoms with Gasteiger partial charge in [0.15, 0.2) is 5.13 Å². The molecule has 0 fully saturated rings. The zero-order chi connectivity index (χ0) is 17.2. The number of benzene rings is 1. The molecule has 0 radical (unpaired) electrons. The van der Waals surface area contributed by atoms with Gasteiger partial charge in [-0.05, 0) is 49.1 Å². The molecule has 2 heterocycles. The molecule has 0 aliphatic heterocycles. The number of anilines is 1. The summed E-state index contributed by atoms with van der Waals surface area (Å²) < 4.78 is 2.05. The third-order valence-electron chi connectivity index (χ3n) is 4.46. The second kappa shape index (κ2) is 7.02. The van der Waals surface area contributed by atoms with Crippen molar-refractivity contribution in [3.63, 3.8) is 0 Å². The zero-order valence-corrected chi connectivity index (χ0v) is 15.2. The van der Waals surface area contributed by atoms with Crippen LogP contribution in [0.4, 0.5) is 5.13 Å². The second-order valence-corrected chi connectivity index (χ2v) is 7.71. The lowest BCUT2D eigenvalue weighted by atomic mass is 10.0. The maximum atomic E-state index is 12.6. The van der Waals surface area contributed by atoms with Gasteiger partial charge in [-0.25, -0.2) is 4.98 Å². The van der Waals surface area contributed by atoms with E-state index in [9.17, 15) is 4.79 Å². The van der Waals surface area contributed by atoms with Crippen LogP contribution < -0.4 is 5.32 Å². The molecule has 0 saturated heterocycles. The Morgan fingerprint density at radius 1 is 1.24 bits per heavy atom. The van der Waals surface area contributed by atoms with Crippen molar-refractivity contribution >= 4 is 34.0 Å². The quantitative estimate of drug-likeness (QED) is 0.706. The van der Waals surface area contributed by atoms with Crippen LogP contribution in [-0.2, 0) is 17.6 Å². The summed E-state index contributed by atoms with van der Waals surface area (Å²) in [5.74, 6) is -0.0268.